The summed E-state index contributed by atoms with van der Waals surface area (Å²) in [6.45, 7) is 0. The summed E-state index contributed by atoms with van der Waals surface area (Å²) in [6, 6.07) is 24.0. The molecule has 112 valence electrons. The number of rotatable bonds is 0. The molecule has 1 nitrogen and oxygen atoms in total. The summed E-state index contributed by atoms with van der Waals surface area (Å²) in [4.78, 5) is 0. The molecule has 0 bridgehead atoms. The summed E-state index contributed by atoms with van der Waals surface area (Å²) >= 11 is 1.86. The number of fused-ring (bicyclic) bond motifs is 9. The van der Waals surface area contributed by atoms with Crippen molar-refractivity contribution in [3.63, 3.8) is 0 Å². The van der Waals surface area contributed by atoms with Crippen LogP contribution >= 0.6 is 11.3 Å². The molecule has 0 aliphatic carbocycles. The Labute approximate surface area is 141 Å². The minimum atomic E-state index is 0.999. The quantitative estimate of drug-likeness (QED) is 0.271. The number of furan rings is 1. The molecule has 0 fully saturated rings. The number of thiophene rings is 1. The predicted molar refractivity (Wildman–Crippen MR) is 104 cm³/mol. The SMILES string of the molecule is c1ccc2c(c1)ccc1c2ccc2c1sc1ccc3ccoc3c12. The number of hydrogen-bond acceptors (Lipinski definition) is 2. The molecular formula is C22H12OS. The summed E-state index contributed by atoms with van der Waals surface area (Å²) in [5.74, 6) is 0. The van der Waals surface area contributed by atoms with E-state index in [9.17, 15) is 0 Å². The van der Waals surface area contributed by atoms with Crippen LogP contribution in [0.4, 0.5) is 0 Å². The lowest BCUT2D eigenvalue weighted by Gasteiger charge is -2.04. The van der Waals surface area contributed by atoms with Crippen LogP contribution < -0.4 is 0 Å². The van der Waals surface area contributed by atoms with E-state index in [1.54, 1.807) is 6.26 Å². The van der Waals surface area contributed by atoms with Crippen molar-refractivity contribution in [2.75, 3.05) is 0 Å². The van der Waals surface area contributed by atoms with Gasteiger partial charge in [0, 0.05) is 30.9 Å². The molecule has 0 radical (unpaired) electrons. The maximum absolute atomic E-state index is 5.79. The Bertz CT molecular complexity index is 1400. The topological polar surface area (TPSA) is 13.1 Å². The fourth-order valence-electron chi connectivity index (χ4n) is 3.83. The lowest BCUT2D eigenvalue weighted by molar-refractivity contribution is 0.619. The van der Waals surface area contributed by atoms with E-state index in [1.165, 1.54) is 47.1 Å². The van der Waals surface area contributed by atoms with Crippen molar-refractivity contribution < 1.29 is 4.42 Å². The van der Waals surface area contributed by atoms with Crippen LogP contribution in [0.2, 0.25) is 0 Å². The summed E-state index contributed by atoms with van der Waals surface area (Å²) in [6.07, 6.45) is 1.78. The molecule has 6 rings (SSSR count). The van der Waals surface area contributed by atoms with E-state index in [-0.39, 0.29) is 0 Å². The van der Waals surface area contributed by atoms with Gasteiger partial charge in [-0.2, -0.15) is 0 Å². The molecule has 2 heterocycles. The fraction of sp³-hybridized carbons (Fsp3) is 0. The van der Waals surface area contributed by atoms with Crippen molar-refractivity contribution in [3.05, 3.63) is 73.0 Å². The molecule has 0 saturated heterocycles. The molecule has 0 aliphatic rings. The summed E-state index contributed by atoms with van der Waals surface area (Å²) in [7, 11) is 0. The third-order valence-electron chi connectivity index (χ3n) is 4.94. The highest BCUT2D eigenvalue weighted by Gasteiger charge is 2.13. The second-order valence-corrected chi connectivity index (χ2v) is 7.26. The highest BCUT2D eigenvalue weighted by atomic mass is 32.1. The fourth-order valence-corrected chi connectivity index (χ4v) is 5.06. The van der Waals surface area contributed by atoms with Gasteiger partial charge in [-0.15, -0.1) is 11.3 Å². The molecule has 0 amide bonds. The van der Waals surface area contributed by atoms with Crippen molar-refractivity contribution >= 4 is 64.0 Å². The average Bonchev–Trinajstić information content (AvgIpc) is 3.24. The minimum absolute atomic E-state index is 0.999. The zero-order valence-electron chi connectivity index (χ0n) is 12.7. The first kappa shape index (κ1) is 12.6. The molecule has 0 unspecified atom stereocenters. The first-order valence-corrected chi connectivity index (χ1v) is 8.85. The first-order valence-electron chi connectivity index (χ1n) is 8.03. The molecule has 2 heteroatoms. The van der Waals surface area contributed by atoms with E-state index in [1.807, 2.05) is 17.4 Å². The van der Waals surface area contributed by atoms with Gasteiger partial charge >= 0.3 is 0 Å². The normalized spacial score (nSPS) is 12.2. The molecule has 0 aliphatic heterocycles. The highest BCUT2D eigenvalue weighted by Crippen LogP contribution is 2.42. The van der Waals surface area contributed by atoms with E-state index in [0.717, 1.165) is 5.58 Å². The van der Waals surface area contributed by atoms with Gasteiger partial charge < -0.3 is 4.42 Å². The maximum atomic E-state index is 5.79. The zero-order valence-corrected chi connectivity index (χ0v) is 13.6. The van der Waals surface area contributed by atoms with E-state index < -0.39 is 0 Å². The second-order valence-electron chi connectivity index (χ2n) is 6.20. The van der Waals surface area contributed by atoms with Crippen LogP contribution in [-0.2, 0) is 0 Å². The molecule has 0 N–H and O–H groups in total. The molecule has 0 atom stereocenters. The van der Waals surface area contributed by atoms with E-state index in [4.69, 9.17) is 4.42 Å². The standard InChI is InChI=1S/C22H12OS/c1-2-4-15-13(3-1)5-7-17-16(15)8-9-18-20-19(24-22(17)18)10-6-14-11-12-23-21(14)20/h1-12H. The minimum Gasteiger partial charge on any atom is -0.464 e. The molecule has 6 aromatic rings. The summed E-state index contributed by atoms with van der Waals surface area (Å²) in [5, 5.41) is 8.96. The van der Waals surface area contributed by atoms with Crippen molar-refractivity contribution in [2.24, 2.45) is 0 Å². The molecule has 4 aromatic carbocycles. The Morgan fingerprint density at radius 2 is 1.46 bits per heavy atom. The van der Waals surface area contributed by atoms with Crippen molar-refractivity contribution in [3.8, 4) is 0 Å². The smallest absolute Gasteiger partial charge is 0.143 e. The zero-order chi connectivity index (χ0) is 15.7. The van der Waals surface area contributed by atoms with Crippen LogP contribution in [0.15, 0.2) is 77.4 Å². The maximum Gasteiger partial charge on any atom is 0.143 e. The molecule has 0 spiro atoms. The third-order valence-corrected chi connectivity index (χ3v) is 6.15. The van der Waals surface area contributed by atoms with Crippen LogP contribution in [-0.4, -0.2) is 0 Å². The Hall–Kier alpha value is -2.84. The Morgan fingerprint density at radius 3 is 2.46 bits per heavy atom. The molecule has 24 heavy (non-hydrogen) atoms. The Morgan fingerprint density at radius 1 is 0.625 bits per heavy atom. The van der Waals surface area contributed by atoms with Gasteiger partial charge in [0.1, 0.15) is 5.58 Å². The first-order chi connectivity index (χ1) is 11.9. The van der Waals surface area contributed by atoms with Gasteiger partial charge in [0.25, 0.3) is 0 Å². The Kier molecular flexibility index (Phi) is 2.29. The van der Waals surface area contributed by atoms with Gasteiger partial charge in [-0.1, -0.05) is 48.5 Å². The lowest BCUT2D eigenvalue weighted by atomic mass is 10.00. The largest absolute Gasteiger partial charge is 0.464 e. The van der Waals surface area contributed by atoms with Crippen LogP contribution in [0, 0.1) is 0 Å². The van der Waals surface area contributed by atoms with Gasteiger partial charge in [0.15, 0.2) is 0 Å². The van der Waals surface area contributed by atoms with Crippen LogP contribution in [0.25, 0.3) is 52.7 Å². The highest BCUT2D eigenvalue weighted by molar-refractivity contribution is 7.26. The van der Waals surface area contributed by atoms with E-state index >= 15 is 0 Å². The number of benzene rings is 4. The molecular weight excluding hydrogens is 312 g/mol. The van der Waals surface area contributed by atoms with Crippen molar-refractivity contribution in [1.82, 2.24) is 0 Å². The summed E-state index contributed by atoms with van der Waals surface area (Å²) in [5.41, 5.74) is 0.999. The van der Waals surface area contributed by atoms with Crippen molar-refractivity contribution in [1.29, 1.82) is 0 Å². The lowest BCUT2D eigenvalue weighted by Crippen LogP contribution is -1.77. The molecule has 2 aromatic heterocycles. The van der Waals surface area contributed by atoms with Crippen LogP contribution in [0.3, 0.4) is 0 Å². The Balaban J connectivity index is 1.89. The molecule has 0 saturated carbocycles. The second kappa shape index (κ2) is 4.37. The predicted octanol–water partition coefficient (Wildman–Crippen LogP) is 7.11. The average molecular weight is 324 g/mol. The van der Waals surface area contributed by atoms with E-state index in [0.29, 0.717) is 0 Å². The summed E-state index contributed by atoms with van der Waals surface area (Å²) < 4.78 is 8.42. The van der Waals surface area contributed by atoms with E-state index in [2.05, 4.69) is 60.7 Å². The van der Waals surface area contributed by atoms with Gasteiger partial charge in [-0.05, 0) is 34.4 Å². The third kappa shape index (κ3) is 1.49. The number of hydrogen-bond donors (Lipinski definition) is 0. The van der Waals surface area contributed by atoms with Crippen LogP contribution in [0.5, 0.6) is 0 Å². The van der Waals surface area contributed by atoms with Gasteiger partial charge in [0.05, 0.1) is 6.26 Å². The van der Waals surface area contributed by atoms with Gasteiger partial charge in [-0.25, -0.2) is 0 Å². The van der Waals surface area contributed by atoms with Crippen molar-refractivity contribution in [2.45, 2.75) is 0 Å². The van der Waals surface area contributed by atoms with Gasteiger partial charge in [0.2, 0.25) is 0 Å². The van der Waals surface area contributed by atoms with Crippen LogP contribution in [0.1, 0.15) is 0 Å². The monoisotopic (exact) mass is 324 g/mol. The van der Waals surface area contributed by atoms with Gasteiger partial charge in [-0.3, -0.25) is 0 Å².